The maximum atomic E-state index is 12.8. The Morgan fingerprint density at radius 1 is 1.14 bits per heavy atom. The van der Waals surface area contributed by atoms with Crippen molar-refractivity contribution in [2.75, 3.05) is 62.0 Å². The lowest BCUT2D eigenvalue weighted by atomic mass is 10.2. The van der Waals surface area contributed by atoms with Crippen LogP contribution < -0.4 is 25.8 Å². The van der Waals surface area contributed by atoms with Crippen LogP contribution in [-0.4, -0.2) is 88.2 Å². The molecule has 2 aromatic heterocycles. The zero-order valence-corrected chi connectivity index (χ0v) is 25.3. The van der Waals surface area contributed by atoms with Crippen molar-refractivity contribution in [1.29, 1.82) is 0 Å². The lowest BCUT2D eigenvalue weighted by Gasteiger charge is -2.36. The Hall–Kier alpha value is -3.89. The van der Waals surface area contributed by atoms with Crippen LogP contribution in [0.3, 0.4) is 0 Å². The minimum absolute atomic E-state index is 0.0465. The highest BCUT2D eigenvalue weighted by Crippen LogP contribution is 2.33. The zero-order chi connectivity index (χ0) is 31.7. The number of alkyl halides is 3. The number of ether oxygens (including phenoxy) is 1. The van der Waals surface area contributed by atoms with E-state index in [2.05, 4.69) is 46.3 Å². The van der Waals surface area contributed by atoms with Crippen molar-refractivity contribution in [3.8, 4) is 5.75 Å². The lowest BCUT2D eigenvalue weighted by molar-refractivity contribution is -0.192. The molecule has 0 aliphatic carbocycles. The molecule has 1 aliphatic heterocycles. The number of halogens is 4. The molecule has 0 spiro atoms. The number of aliphatic hydroxyl groups is 1. The minimum atomic E-state index is -5.08. The van der Waals surface area contributed by atoms with Crippen LogP contribution in [-0.2, 0) is 4.79 Å². The van der Waals surface area contributed by atoms with Gasteiger partial charge in [0.25, 0.3) is 5.56 Å². The summed E-state index contributed by atoms with van der Waals surface area (Å²) in [6, 6.07) is 9.60. The van der Waals surface area contributed by atoms with Gasteiger partial charge in [-0.2, -0.15) is 18.2 Å². The summed E-state index contributed by atoms with van der Waals surface area (Å²) >= 11 is 3.47. The number of nitrogens with one attached hydrogen (secondary N) is 2. The summed E-state index contributed by atoms with van der Waals surface area (Å²) in [4.78, 5) is 35.2. The number of hydrogen-bond donors (Lipinski definition) is 4. The van der Waals surface area contributed by atoms with Crippen LogP contribution in [0, 0.1) is 0 Å². The molecular formula is C27H33BrF3N7O5. The fourth-order valence-electron chi connectivity index (χ4n) is 4.13. The number of nitrogens with zero attached hydrogens (tertiary/aromatic N) is 5. The number of aromatic nitrogens is 3. The van der Waals surface area contributed by atoms with E-state index in [1.165, 1.54) is 0 Å². The number of methoxy groups -OCH3 is 1. The number of anilines is 5. The number of carboxylic acid groups (broad SMARTS) is 1. The summed E-state index contributed by atoms with van der Waals surface area (Å²) in [5, 5.41) is 22.6. The molecule has 1 aliphatic rings. The van der Waals surface area contributed by atoms with Gasteiger partial charge < -0.3 is 35.1 Å². The van der Waals surface area contributed by atoms with Crippen molar-refractivity contribution in [3.63, 3.8) is 0 Å². The predicted octanol–water partition coefficient (Wildman–Crippen LogP) is 4.23. The maximum absolute atomic E-state index is 12.8. The van der Waals surface area contributed by atoms with Gasteiger partial charge in [0.05, 0.1) is 23.9 Å². The normalized spacial score (nSPS) is 13.7. The van der Waals surface area contributed by atoms with Crippen molar-refractivity contribution in [2.24, 2.45) is 0 Å². The third-order valence-electron chi connectivity index (χ3n) is 6.36. The highest BCUT2D eigenvalue weighted by molar-refractivity contribution is 9.10. The van der Waals surface area contributed by atoms with Gasteiger partial charge in [-0.05, 0) is 54.0 Å². The molecule has 43 heavy (non-hydrogen) atoms. The molecule has 1 aromatic carbocycles. The van der Waals surface area contributed by atoms with Gasteiger partial charge in [-0.1, -0.05) is 0 Å². The van der Waals surface area contributed by atoms with E-state index in [0.717, 1.165) is 37.6 Å². The zero-order valence-electron chi connectivity index (χ0n) is 23.7. The third kappa shape index (κ3) is 9.30. The predicted molar refractivity (Wildman–Crippen MR) is 160 cm³/mol. The molecule has 3 aromatic rings. The number of carbonyl (C=O) groups is 1. The van der Waals surface area contributed by atoms with Crippen molar-refractivity contribution in [2.45, 2.75) is 26.1 Å². The number of aliphatic hydroxyl groups excluding tert-OH is 1. The number of piperazine rings is 1. The standard InChI is InChI=1S/C25H32BrN7O3.C2HF3O2/c1-17(2)33-8-4-5-21(24(33)35)28-23-19(26)16-27-25(30-23)29-20-7-6-18(15-22(20)36-3)32-11-9-31(10-12-32)13-14-34;3-2(4,5)1(6)7/h4-8,15-17,34H,9-14H2,1-3H3,(H2,27,28,29,30);(H,6,7). The molecule has 16 heteroatoms. The number of benzene rings is 1. The molecule has 234 valence electrons. The number of carboxylic acids is 1. The van der Waals surface area contributed by atoms with Gasteiger partial charge in [-0.15, -0.1) is 0 Å². The fourth-order valence-corrected chi connectivity index (χ4v) is 4.42. The summed E-state index contributed by atoms with van der Waals surface area (Å²) in [6.45, 7) is 8.42. The third-order valence-corrected chi connectivity index (χ3v) is 6.94. The lowest BCUT2D eigenvalue weighted by Crippen LogP contribution is -2.47. The Labute approximate surface area is 254 Å². The summed E-state index contributed by atoms with van der Waals surface area (Å²) in [5.74, 6) is -1.24. The average Bonchev–Trinajstić information content (AvgIpc) is 2.96. The second kappa shape index (κ2) is 15.0. The Kier molecular flexibility index (Phi) is 11.7. The molecular weight excluding hydrogens is 639 g/mol. The van der Waals surface area contributed by atoms with E-state index in [1.54, 1.807) is 30.1 Å². The summed E-state index contributed by atoms with van der Waals surface area (Å²) in [6.07, 6.45) is -1.68. The Bertz CT molecular complexity index is 1450. The van der Waals surface area contributed by atoms with Gasteiger partial charge in [0.15, 0.2) is 5.82 Å². The first-order valence-corrected chi connectivity index (χ1v) is 14.0. The molecule has 1 saturated heterocycles. The molecule has 1 fully saturated rings. The van der Waals surface area contributed by atoms with Crippen molar-refractivity contribution in [3.05, 3.63) is 57.6 Å². The van der Waals surface area contributed by atoms with Crippen LogP contribution in [0.4, 0.5) is 42.0 Å². The molecule has 12 nitrogen and oxygen atoms in total. The molecule has 0 saturated carbocycles. The molecule has 0 atom stereocenters. The largest absolute Gasteiger partial charge is 0.494 e. The summed E-state index contributed by atoms with van der Waals surface area (Å²) in [5.41, 5.74) is 2.11. The minimum Gasteiger partial charge on any atom is -0.494 e. The fraction of sp³-hybridized carbons (Fsp3) is 0.407. The van der Waals surface area contributed by atoms with Crippen LogP contribution in [0.15, 0.2) is 52.0 Å². The molecule has 4 N–H and O–H groups in total. The number of hydrogen-bond acceptors (Lipinski definition) is 10. The quantitative estimate of drug-likeness (QED) is 0.259. The van der Waals surface area contributed by atoms with E-state index < -0.39 is 12.1 Å². The first-order chi connectivity index (χ1) is 20.3. The van der Waals surface area contributed by atoms with E-state index in [0.29, 0.717) is 34.2 Å². The SMILES string of the molecule is COc1cc(N2CCN(CCO)CC2)ccc1Nc1ncc(Br)c(Nc2cccn(C(C)C)c2=O)n1.O=C(O)C(F)(F)F. The first kappa shape index (κ1) is 33.6. The second-order valence-electron chi connectivity index (χ2n) is 9.61. The topological polar surface area (TPSA) is 145 Å². The highest BCUT2D eigenvalue weighted by Gasteiger charge is 2.38. The van der Waals surface area contributed by atoms with Gasteiger partial charge in [0.2, 0.25) is 5.95 Å². The monoisotopic (exact) mass is 671 g/mol. The first-order valence-electron chi connectivity index (χ1n) is 13.2. The Morgan fingerprint density at radius 3 is 2.40 bits per heavy atom. The van der Waals surface area contributed by atoms with Crippen LogP contribution >= 0.6 is 15.9 Å². The highest BCUT2D eigenvalue weighted by atomic mass is 79.9. The number of β-amino-alcohol motifs (C(OH)–C–C–N with tert-alkyl or cyclic N) is 1. The van der Waals surface area contributed by atoms with Gasteiger partial charge >= 0.3 is 12.1 Å². The Balaban J connectivity index is 0.000000646. The van der Waals surface area contributed by atoms with E-state index in [1.807, 2.05) is 38.1 Å². The number of rotatable bonds is 9. The molecule has 3 heterocycles. The van der Waals surface area contributed by atoms with Gasteiger partial charge in [0.1, 0.15) is 11.4 Å². The molecule has 0 radical (unpaired) electrons. The smallest absolute Gasteiger partial charge is 0.490 e. The van der Waals surface area contributed by atoms with Gasteiger partial charge in [-0.3, -0.25) is 9.69 Å². The van der Waals surface area contributed by atoms with Crippen molar-refractivity contribution >= 4 is 50.7 Å². The van der Waals surface area contributed by atoms with E-state index in [4.69, 9.17) is 19.7 Å². The van der Waals surface area contributed by atoms with Gasteiger partial charge in [0, 0.05) is 62.9 Å². The van der Waals surface area contributed by atoms with Crippen molar-refractivity contribution < 1.29 is 32.9 Å². The Morgan fingerprint density at radius 2 is 1.81 bits per heavy atom. The summed E-state index contributed by atoms with van der Waals surface area (Å²) in [7, 11) is 1.63. The van der Waals surface area contributed by atoms with Crippen molar-refractivity contribution in [1.82, 2.24) is 19.4 Å². The van der Waals surface area contributed by atoms with Gasteiger partial charge in [-0.25, -0.2) is 9.78 Å². The molecule has 0 unspecified atom stereocenters. The van der Waals surface area contributed by atoms with Crippen LogP contribution in [0.1, 0.15) is 19.9 Å². The van der Waals surface area contributed by atoms with E-state index in [-0.39, 0.29) is 18.2 Å². The average molecular weight is 673 g/mol. The molecule has 0 amide bonds. The molecule has 0 bridgehead atoms. The van der Waals surface area contributed by atoms with Crippen LogP contribution in [0.5, 0.6) is 5.75 Å². The number of aliphatic carboxylic acids is 1. The van der Waals surface area contributed by atoms with E-state index >= 15 is 0 Å². The maximum Gasteiger partial charge on any atom is 0.490 e. The number of pyridine rings is 1. The molecule has 4 rings (SSSR count). The van der Waals surface area contributed by atoms with Crippen LogP contribution in [0.25, 0.3) is 0 Å². The van der Waals surface area contributed by atoms with Crippen LogP contribution in [0.2, 0.25) is 0 Å². The van der Waals surface area contributed by atoms with E-state index in [9.17, 15) is 18.0 Å². The summed E-state index contributed by atoms with van der Waals surface area (Å²) < 4.78 is 39.7. The second-order valence-corrected chi connectivity index (χ2v) is 10.5.